The number of nitrogens with zero attached hydrogens (tertiary/aromatic N) is 1. The Hall–Kier alpha value is -0.880. The van der Waals surface area contributed by atoms with Crippen molar-refractivity contribution in [2.24, 2.45) is 0 Å². The summed E-state index contributed by atoms with van der Waals surface area (Å²) >= 11 is 0. The second kappa shape index (κ2) is 6.65. The molecule has 16 heavy (non-hydrogen) atoms. The van der Waals surface area contributed by atoms with Gasteiger partial charge in [-0.05, 0) is 6.08 Å². The lowest BCUT2D eigenvalue weighted by Crippen LogP contribution is -2.54. The molecule has 0 saturated carbocycles. The van der Waals surface area contributed by atoms with Gasteiger partial charge in [-0.15, -0.1) is 0 Å². The van der Waals surface area contributed by atoms with Crippen molar-refractivity contribution in [2.75, 3.05) is 26.2 Å². The number of carboxylic acid groups (broad SMARTS) is 1. The average Bonchev–Trinajstić information content (AvgIpc) is 2.24. The molecule has 0 aromatic rings. The molecule has 8 heteroatoms. The SMILES string of the molecule is O=C(O)[C@H]1CN(C/C=C/O[PH](=O)O)CCN1. The Morgan fingerprint density at radius 3 is 3.06 bits per heavy atom. The Bertz CT molecular complexity index is 296. The second-order valence-electron chi connectivity index (χ2n) is 3.36. The van der Waals surface area contributed by atoms with Crippen molar-refractivity contribution in [3.8, 4) is 0 Å². The van der Waals surface area contributed by atoms with Crippen LogP contribution in [0.1, 0.15) is 0 Å². The molecule has 0 radical (unpaired) electrons. The van der Waals surface area contributed by atoms with Crippen molar-refractivity contribution in [1.29, 1.82) is 0 Å². The fraction of sp³-hybridized carbons (Fsp3) is 0.625. The zero-order valence-electron chi connectivity index (χ0n) is 8.63. The number of hydrogen-bond acceptors (Lipinski definition) is 5. The van der Waals surface area contributed by atoms with E-state index in [-0.39, 0.29) is 0 Å². The number of carboxylic acids is 1. The quantitative estimate of drug-likeness (QED) is 0.436. The second-order valence-corrected chi connectivity index (χ2v) is 4.13. The highest BCUT2D eigenvalue weighted by Gasteiger charge is 2.23. The van der Waals surface area contributed by atoms with E-state index in [1.54, 1.807) is 6.08 Å². The van der Waals surface area contributed by atoms with Gasteiger partial charge in [-0.2, -0.15) is 0 Å². The molecule has 1 aliphatic heterocycles. The lowest BCUT2D eigenvalue weighted by molar-refractivity contribution is -0.140. The third kappa shape index (κ3) is 4.76. The zero-order valence-corrected chi connectivity index (χ0v) is 9.63. The molecule has 0 spiro atoms. The highest BCUT2D eigenvalue weighted by atomic mass is 31.1. The van der Waals surface area contributed by atoms with E-state index >= 15 is 0 Å². The van der Waals surface area contributed by atoms with Crippen molar-refractivity contribution < 1.29 is 23.9 Å². The molecule has 0 bridgehead atoms. The van der Waals surface area contributed by atoms with Gasteiger partial charge in [0.05, 0.1) is 6.26 Å². The van der Waals surface area contributed by atoms with Crippen LogP contribution in [0.2, 0.25) is 0 Å². The number of hydrogen-bond donors (Lipinski definition) is 3. The third-order valence-corrected chi connectivity index (χ3v) is 2.52. The van der Waals surface area contributed by atoms with E-state index in [1.165, 1.54) is 6.26 Å². The predicted octanol–water partition coefficient (Wildman–Crippen LogP) is -0.743. The Morgan fingerprint density at radius 1 is 1.69 bits per heavy atom. The van der Waals surface area contributed by atoms with Gasteiger partial charge in [-0.3, -0.25) is 9.69 Å². The molecular weight excluding hydrogens is 235 g/mol. The highest BCUT2D eigenvalue weighted by molar-refractivity contribution is 7.32. The first-order valence-electron chi connectivity index (χ1n) is 4.82. The summed E-state index contributed by atoms with van der Waals surface area (Å²) in [7, 11) is -2.92. The minimum atomic E-state index is -2.92. The van der Waals surface area contributed by atoms with Crippen LogP contribution in [0.5, 0.6) is 0 Å². The Balaban J connectivity index is 2.29. The molecule has 1 heterocycles. The molecular formula is C8H15N2O5P. The van der Waals surface area contributed by atoms with E-state index in [2.05, 4.69) is 9.84 Å². The summed E-state index contributed by atoms with van der Waals surface area (Å²) in [5.41, 5.74) is 0. The number of nitrogens with one attached hydrogen (secondary N) is 1. The maximum Gasteiger partial charge on any atom is 0.364 e. The third-order valence-electron chi connectivity index (χ3n) is 2.19. The zero-order chi connectivity index (χ0) is 12.0. The van der Waals surface area contributed by atoms with Crippen LogP contribution in [-0.2, 0) is 13.9 Å². The van der Waals surface area contributed by atoms with Gasteiger partial charge < -0.3 is 19.8 Å². The summed E-state index contributed by atoms with van der Waals surface area (Å²) in [5, 5.41) is 11.7. The van der Waals surface area contributed by atoms with Crippen LogP contribution in [0.4, 0.5) is 0 Å². The van der Waals surface area contributed by atoms with Crippen LogP contribution in [-0.4, -0.2) is 53.1 Å². The molecule has 1 saturated heterocycles. The first-order valence-corrected chi connectivity index (χ1v) is 6.09. The standard InChI is InChI=1S/C8H15N2O5P/c11-8(12)7-6-10(4-2-9-7)3-1-5-15-16(13)14/h1,5,7,9,16H,2-4,6H2,(H,11,12)(H,13,14)/b5-1+/t7-/m1/s1. The molecule has 7 nitrogen and oxygen atoms in total. The predicted molar refractivity (Wildman–Crippen MR) is 57.3 cm³/mol. The van der Waals surface area contributed by atoms with Gasteiger partial charge >= 0.3 is 14.2 Å². The van der Waals surface area contributed by atoms with Crippen LogP contribution in [0.25, 0.3) is 0 Å². The molecule has 1 fully saturated rings. The van der Waals surface area contributed by atoms with Crippen LogP contribution < -0.4 is 5.32 Å². The first-order chi connectivity index (χ1) is 7.59. The highest BCUT2D eigenvalue weighted by Crippen LogP contribution is 2.14. The minimum absolute atomic E-state index is 0.411. The molecule has 0 aromatic heterocycles. The molecule has 0 aliphatic carbocycles. The maximum absolute atomic E-state index is 10.7. The molecule has 2 atom stereocenters. The first kappa shape index (κ1) is 13.2. The van der Waals surface area contributed by atoms with Crippen LogP contribution in [0, 0.1) is 0 Å². The maximum atomic E-state index is 10.7. The Kier molecular flexibility index (Phi) is 5.48. The van der Waals surface area contributed by atoms with E-state index < -0.39 is 20.3 Å². The summed E-state index contributed by atoms with van der Waals surface area (Å²) in [6.07, 6.45) is 2.75. The molecule has 1 rings (SSSR count). The summed E-state index contributed by atoms with van der Waals surface area (Å²) < 4.78 is 14.6. The van der Waals surface area contributed by atoms with Gasteiger partial charge in [-0.25, -0.2) is 4.57 Å². The molecule has 3 N–H and O–H groups in total. The van der Waals surface area contributed by atoms with Crippen LogP contribution in [0.3, 0.4) is 0 Å². The average molecular weight is 250 g/mol. The van der Waals surface area contributed by atoms with E-state index in [0.717, 1.165) is 6.54 Å². The lowest BCUT2D eigenvalue weighted by Gasteiger charge is -2.30. The summed E-state index contributed by atoms with van der Waals surface area (Å²) in [6, 6.07) is -0.556. The molecule has 92 valence electrons. The molecule has 0 amide bonds. The van der Waals surface area contributed by atoms with Gasteiger partial charge in [0.2, 0.25) is 0 Å². The minimum Gasteiger partial charge on any atom is -0.480 e. The van der Waals surface area contributed by atoms with Gasteiger partial charge in [0.15, 0.2) is 0 Å². The van der Waals surface area contributed by atoms with Crippen molar-refractivity contribution in [1.82, 2.24) is 10.2 Å². The number of aliphatic carboxylic acids is 1. The molecule has 1 unspecified atom stereocenters. The topological polar surface area (TPSA) is 99.1 Å². The van der Waals surface area contributed by atoms with Crippen molar-refractivity contribution in [2.45, 2.75) is 6.04 Å². The van der Waals surface area contributed by atoms with Crippen molar-refractivity contribution in [3.63, 3.8) is 0 Å². The summed E-state index contributed by atoms with van der Waals surface area (Å²) in [5.74, 6) is -0.870. The Morgan fingerprint density at radius 2 is 2.44 bits per heavy atom. The van der Waals surface area contributed by atoms with Gasteiger partial charge in [0, 0.05) is 26.2 Å². The molecule has 1 aliphatic rings. The molecule has 0 aromatic carbocycles. The van der Waals surface area contributed by atoms with Gasteiger partial charge in [0.25, 0.3) is 0 Å². The fourth-order valence-electron chi connectivity index (χ4n) is 1.44. The smallest absolute Gasteiger partial charge is 0.364 e. The van der Waals surface area contributed by atoms with Crippen molar-refractivity contribution in [3.05, 3.63) is 12.3 Å². The van der Waals surface area contributed by atoms with E-state index in [9.17, 15) is 9.36 Å². The van der Waals surface area contributed by atoms with E-state index in [4.69, 9.17) is 10.00 Å². The van der Waals surface area contributed by atoms with Crippen molar-refractivity contribution >= 4 is 14.2 Å². The van der Waals surface area contributed by atoms with E-state index in [0.29, 0.717) is 19.6 Å². The number of rotatable bonds is 5. The van der Waals surface area contributed by atoms with Crippen LogP contribution in [0.15, 0.2) is 12.3 Å². The fourth-order valence-corrected chi connectivity index (χ4v) is 1.65. The van der Waals surface area contributed by atoms with Gasteiger partial charge in [0.1, 0.15) is 6.04 Å². The van der Waals surface area contributed by atoms with E-state index in [1.807, 2.05) is 4.90 Å². The largest absolute Gasteiger partial charge is 0.480 e. The van der Waals surface area contributed by atoms with Gasteiger partial charge in [-0.1, -0.05) is 0 Å². The lowest BCUT2D eigenvalue weighted by atomic mass is 10.2. The summed E-state index contributed by atoms with van der Waals surface area (Å²) in [4.78, 5) is 21.0. The normalized spacial score (nSPS) is 24.4. The monoisotopic (exact) mass is 250 g/mol. The van der Waals surface area contributed by atoms with Crippen LogP contribution >= 0.6 is 8.25 Å². The Labute approximate surface area is 93.6 Å². The summed E-state index contributed by atoms with van der Waals surface area (Å²) in [6.45, 7) is 2.26. The number of carbonyl (C=O) groups is 1. The number of piperazine rings is 1.